The maximum Gasteiger partial charge on any atom is 0.264 e. The van der Waals surface area contributed by atoms with Gasteiger partial charge in [-0.1, -0.05) is 30.3 Å². The SMILES string of the molecule is Cc1nn(C)c2nc(-c3ccccc3)cc(C(F)F)c12. The van der Waals surface area contributed by atoms with E-state index in [4.69, 9.17) is 0 Å². The molecule has 0 N–H and O–H groups in total. The van der Waals surface area contributed by atoms with Gasteiger partial charge in [0, 0.05) is 18.2 Å². The van der Waals surface area contributed by atoms with E-state index < -0.39 is 6.43 Å². The summed E-state index contributed by atoms with van der Waals surface area (Å²) in [5.41, 5.74) is 2.40. The lowest BCUT2D eigenvalue weighted by molar-refractivity contribution is 0.153. The maximum absolute atomic E-state index is 13.3. The Morgan fingerprint density at radius 2 is 1.85 bits per heavy atom. The average molecular weight is 273 g/mol. The summed E-state index contributed by atoms with van der Waals surface area (Å²) in [6.07, 6.45) is -2.55. The molecule has 0 aliphatic carbocycles. The Morgan fingerprint density at radius 3 is 2.50 bits per heavy atom. The molecule has 2 aromatic heterocycles. The second kappa shape index (κ2) is 4.67. The van der Waals surface area contributed by atoms with Crippen molar-refractivity contribution in [1.29, 1.82) is 0 Å². The lowest BCUT2D eigenvalue weighted by Gasteiger charge is -2.07. The molecule has 5 heteroatoms. The Kier molecular flexibility index (Phi) is 2.97. The Bertz CT molecular complexity index is 764. The number of aromatic nitrogens is 3. The molecule has 0 spiro atoms. The molecule has 0 aliphatic rings. The number of nitrogens with zero attached hydrogens (tertiary/aromatic N) is 3. The van der Waals surface area contributed by atoms with Gasteiger partial charge in [-0.2, -0.15) is 5.10 Å². The van der Waals surface area contributed by atoms with Crippen LogP contribution >= 0.6 is 0 Å². The van der Waals surface area contributed by atoms with Crippen LogP contribution in [0.4, 0.5) is 8.78 Å². The van der Waals surface area contributed by atoms with Crippen LogP contribution in [0.3, 0.4) is 0 Å². The average Bonchev–Trinajstić information content (AvgIpc) is 2.74. The van der Waals surface area contributed by atoms with Crippen LogP contribution < -0.4 is 0 Å². The third-order valence-electron chi connectivity index (χ3n) is 3.30. The van der Waals surface area contributed by atoms with Crippen molar-refractivity contribution in [3.8, 4) is 11.3 Å². The minimum atomic E-state index is -2.55. The molecular formula is C15H13F2N3. The molecule has 0 amide bonds. The molecule has 20 heavy (non-hydrogen) atoms. The highest BCUT2D eigenvalue weighted by molar-refractivity contribution is 5.85. The van der Waals surface area contributed by atoms with Crippen molar-refractivity contribution in [3.05, 3.63) is 47.7 Å². The molecule has 0 saturated carbocycles. The number of fused-ring (bicyclic) bond motifs is 1. The molecule has 3 aromatic rings. The number of aryl methyl sites for hydroxylation is 2. The summed E-state index contributed by atoms with van der Waals surface area (Å²) < 4.78 is 28.2. The largest absolute Gasteiger partial charge is 0.264 e. The summed E-state index contributed by atoms with van der Waals surface area (Å²) in [4.78, 5) is 4.48. The minimum Gasteiger partial charge on any atom is -0.250 e. The van der Waals surface area contributed by atoms with Crippen LogP contribution in [0, 0.1) is 6.92 Å². The van der Waals surface area contributed by atoms with Gasteiger partial charge in [0.05, 0.1) is 16.8 Å². The van der Waals surface area contributed by atoms with Crippen molar-refractivity contribution in [1.82, 2.24) is 14.8 Å². The number of halogens is 2. The third kappa shape index (κ3) is 1.95. The van der Waals surface area contributed by atoms with Gasteiger partial charge in [0.1, 0.15) is 0 Å². The summed E-state index contributed by atoms with van der Waals surface area (Å²) in [6.45, 7) is 1.72. The lowest BCUT2D eigenvalue weighted by Crippen LogP contribution is -1.96. The smallest absolute Gasteiger partial charge is 0.250 e. The zero-order valence-corrected chi connectivity index (χ0v) is 11.1. The van der Waals surface area contributed by atoms with Gasteiger partial charge in [-0.05, 0) is 13.0 Å². The topological polar surface area (TPSA) is 30.7 Å². The number of hydrogen-bond acceptors (Lipinski definition) is 2. The summed E-state index contributed by atoms with van der Waals surface area (Å²) in [5, 5.41) is 4.64. The van der Waals surface area contributed by atoms with E-state index in [0.717, 1.165) is 5.56 Å². The Labute approximate surface area is 114 Å². The van der Waals surface area contributed by atoms with Crippen molar-refractivity contribution in [2.45, 2.75) is 13.3 Å². The monoisotopic (exact) mass is 273 g/mol. The van der Waals surface area contributed by atoms with Gasteiger partial charge in [0.2, 0.25) is 0 Å². The van der Waals surface area contributed by atoms with Crippen LogP contribution in [-0.4, -0.2) is 14.8 Å². The standard InChI is InChI=1S/C15H13F2N3/c1-9-13-11(14(16)17)8-12(10-6-4-3-5-7-10)18-15(13)20(2)19-9/h3-8,14H,1-2H3. The maximum atomic E-state index is 13.3. The zero-order chi connectivity index (χ0) is 14.3. The molecule has 2 heterocycles. The highest BCUT2D eigenvalue weighted by Gasteiger charge is 2.19. The van der Waals surface area contributed by atoms with E-state index in [9.17, 15) is 8.78 Å². The van der Waals surface area contributed by atoms with Gasteiger partial charge >= 0.3 is 0 Å². The molecule has 0 saturated heterocycles. The number of rotatable bonds is 2. The fourth-order valence-electron chi connectivity index (χ4n) is 2.41. The first-order valence-electron chi connectivity index (χ1n) is 6.25. The highest BCUT2D eigenvalue weighted by atomic mass is 19.3. The van der Waals surface area contributed by atoms with E-state index in [1.54, 1.807) is 18.7 Å². The van der Waals surface area contributed by atoms with Gasteiger partial charge in [-0.3, -0.25) is 4.68 Å². The molecule has 1 aromatic carbocycles. The molecule has 3 rings (SSSR count). The summed E-state index contributed by atoms with van der Waals surface area (Å²) in [7, 11) is 1.71. The van der Waals surface area contributed by atoms with E-state index in [-0.39, 0.29) is 5.56 Å². The summed E-state index contributed by atoms with van der Waals surface area (Å²) in [6, 6.07) is 10.8. The molecule has 3 nitrogen and oxygen atoms in total. The van der Waals surface area contributed by atoms with Crippen LogP contribution in [-0.2, 0) is 7.05 Å². The Hall–Kier alpha value is -2.30. The van der Waals surface area contributed by atoms with Gasteiger partial charge in [0.25, 0.3) is 6.43 Å². The predicted molar refractivity (Wildman–Crippen MR) is 73.6 cm³/mol. The van der Waals surface area contributed by atoms with Crippen LogP contribution in [0.25, 0.3) is 22.3 Å². The molecule has 0 fully saturated rings. The van der Waals surface area contributed by atoms with Crippen LogP contribution in [0.15, 0.2) is 36.4 Å². The zero-order valence-electron chi connectivity index (χ0n) is 11.1. The Balaban J connectivity index is 2.34. The van der Waals surface area contributed by atoms with Gasteiger partial charge < -0.3 is 0 Å². The van der Waals surface area contributed by atoms with E-state index in [1.807, 2.05) is 30.3 Å². The molecule has 0 aliphatic heterocycles. The van der Waals surface area contributed by atoms with Crippen molar-refractivity contribution >= 4 is 11.0 Å². The summed E-state index contributed by atoms with van der Waals surface area (Å²) in [5.74, 6) is 0. The van der Waals surface area contributed by atoms with Crippen LogP contribution in [0.1, 0.15) is 17.7 Å². The fraction of sp³-hybridized carbons (Fsp3) is 0.200. The Morgan fingerprint density at radius 1 is 1.15 bits per heavy atom. The number of alkyl halides is 2. The first-order valence-corrected chi connectivity index (χ1v) is 6.25. The van der Waals surface area contributed by atoms with Gasteiger partial charge in [0.15, 0.2) is 5.65 Å². The van der Waals surface area contributed by atoms with Crippen molar-refractivity contribution in [3.63, 3.8) is 0 Å². The number of pyridine rings is 1. The second-order valence-electron chi connectivity index (χ2n) is 4.67. The quantitative estimate of drug-likeness (QED) is 0.709. The minimum absolute atomic E-state index is 0.0144. The van der Waals surface area contributed by atoms with Crippen LogP contribution in [0.2, 0.25) is 0 Å². The molecule has 102 valence electrons. The normalized spacial score (nSPS) is 11.4. The van der Waals surface area contributed by atoms with Crippen molar-refractivity contribution in [2.24, 2.45) is 7.05 Å². The summed E-state index contributed by atoms with van der Waals surface area (Å²) >= 11 is 0. The first-order chi connectivity index (χ1) is 9.58. The molecule has 0 atom stereocenters. The highest BCUT2D eigenvalue weighted by Crippen LogP contribution is 2.32. The predicted octanol–water partition coefficient (Wildman–Crippen LogP) is 3.88. The molecular weight excluding hydrogens is 260 g/mol. The van der Waals surface area contributed by atoms with Crippen molar-refractivity contribution in [2.75, 3.05) is 0 Å². The molecule has 0 bridgehead atoms. The van der Waals surface area contributed by atoms with Gasteiger partial charge in [-0.25, -0.2) is 13.8 Å². The second-order valence-corrected chi connectivity index (χ2v) is 4.67. The fourth-order valence-corrected chi connectivity index (χ4v) is 2.41. The molecule has 0 unspecified atom stereocenters. The van der Waals surface area contributed by atoms with E-state index >= 15 is 0 Å². The van der Waals surface area contributed by atoms with E-state index in [0.29, 0.717) is 22.4 Å². The molecule has 0 radical (unpaired) electrons. The lowest BCUT2D eigenvalue weighted by atomic mass is 10.1. The van der Waals surface area contributed by atoms with Gasteiger partial charge in [-0.15, -0.1) is 0 Å². The third-order valence-corrected chi connectivity index (χ3v) is 3.30. The number of hydrogen-bond donors (Lipinski definition) is 0. The first kappa shape index (κ1) is 12.7. The van der Waals surface area contributed by atoms with E-state index in [1.165, 1.54) is 6.07 Å². The van der Waals surface area contributed by atoms with Crippen molar-refractivity contribution < 1.29 is 8.78 Å². The van der Waals surface area contributed by atoms with Crippen LogP contribution in [0.5, 0.6) is 0 Å². The van der Waals surface area contributed by atoms with E-state index in [2.05, 4.69) is 10.1 Å². The number of benzene rings is 1.